The Hall–Kier alpha value is -9.71. The lowest BCUT2D eigenvalue weighted by molar-refractivity contribution is 0.0696. The number of nitrogens with zero attached hydrogens (tertiary/aromatic N) is 3. The van der Waals surface area contributed by atoms with Gasteiger partial charge in [-0.25, -0.2) is 14.8 Å². The third kappa shape index (κ3) is 18.2. The van der Waals surface area contributed by atoms with Crippen LogP contribution in [0.1, 0.15) is 244 Å². The molecule has 8 bridgehead atoms. The Morgan fingerprint density at radius 1 is 0.380 bits per heavy atom. The van der Waals surface area contributed by atoms with Crippen molar-refractivity contribution >= 4 is 74.1 Å². The summed E-state index contributed by atoms with van der Waals surface area (Å²) in [6, 6.07) is 42.6. The first-order valence-corrected chi connectivity index (χ1v) is 37.6. The lowest BCUT2D eigenvalue weighted by Gasteiger charge is -2.18. The highest BCUT2D eigenvalue weighted by molar-refractivity contribution is 6.08. The second-order valence-corrected chi connectivity index (χ2v) is 26.6. The van der Waals surface area contributed by atoms with Crippen molar-refractivity contribution in [2.75, 3.05) is 26.4 Å². The first-order chi connectivity index (χ1) is 49.3. The van der Waals surface area contributed by atoms with Crippen LogP contribution in [0.15, 0.2) is 127 Å². The van der Waals surface area contributed by atoms with E-state index in [1.54, 1.807) is 18.2 Å². The van der Waals surface area contributed by atoms with Crippen molar-refractivity contribution in [1.82, 2.24) is 24.5 Å². The quantitative estimate of drug-likeness (QED) is 0.0261. The van der Waals surface area contributed by atoms with Crippen molar-refractivity contribution in [2.24, 2.45) is 0 Å². The van der Waals surface area contributed by atoms with Gasteiger partial charge in [-0.1, -0.05) is 216 Å². The van der Waals surface area contributed by atoms with Crippen LogP contribution in [0.5, 0.6) is 23.0 Å². The molecule has 5 aromatic carbocycles. The lowest BCUT2D eigenvalue weighted by Crippen LogP contribution is -2.04. The summed E-state index contributed by atoms with van der Waals surface area (Å²) < 4.78 is 30.3. The first-order valence-electron chi connectivity index (χ1n) is 37.6. The number of aromatic amines is 2. The van der Waals surface area contributed by atoms with E-state index < -0.39 is 5.97 Å². The zero-order valence-corrected chi connectivity index (χ0v) is 59.8. The predicted octanol–water partition coefficient (Wildman–Crippen LogP) is 23.6. The fraction of sp³-hybridized carbons (Fsp3) is 0.382. The number of para-hydroxylation sites is 1. The number of ether oxygens (including phenoxy) is 4. The molecule has 0 amide bonds. The minimum atomic E-state index is -1.02. The summed E-state index contributed by atoms with van der Waals surface area (Å²) in [5.41, 5.74) is 14.1. The van der Waals surface area contributed by atoms with Gasteiger partial charge in [-0.2, -0.15) is 0 Å². The number of rotatable bonds is 36. The molecule has 3 N–H and O–H groups in total. The maximum Gasteiger partial charge on any atom is 0.335 e. The largest absolute Gasteiger partial charge is 0.493 e. The number of carboxylic acid groups (broad SMARTS) is 1. The summed E-state index contributed by atoms with van der Waals surface area (Å²) >= 11 is 0. The predicted molar refractivity (Wildman–Crippen MR) is 416 cm³/mol. The van der Waals surface area contributed by atoms with Gasteiger partial charge in [0.05, 0.1) is 88.1 Å². The molecule has 100 heavy (non-hydrogen) atoms. The molecule has 0 unspecified atom stereocenters. The molecular formula is C89H101N5O6. The maximum atomic E-state index is 12.4. The molecule has 2 aliphatic heterocycles. The van der Waals surface area contributed by atoms with Crippen LogP contribution in [0.2, 0.25) is 0 Å². The Kier molecular flexibility index (Phi) is 26.4. The highest BCUT2D eigenvalue weighted by Crippen LogP contribution is 2.46. The average molecular weight is 1340 g/mol. The van der Waals surface area contributed by atoms with Crippen LogP contribution >= 0.6 is 0 Å². The number of unbranched alkanes of at least 4 members (excludes halogenated alkanes) is 20. The smallest absolute Gasteiger partial charge is 0.335 e. The Labute approximate surface area is 592 Å². The fourth-order valence-electron chi connectivity index (χ4n) is 13.7. The van der Waals surface area contributed by atoms with Gasteiger partial charge in [-0.15, -0.1) is 0 Å². The number of carboxylic acids is 1. The molecule has 4 aromatic heterocycles. The van der Waals surface area contributed by atoms with Gasteiger partial charge < -0.3 is 38.6 Å². The third-order valence-electron chi connectivity index (χ3n) is 19.1. The van der Waals surface area contributed by atoms with Crippen molar-refractivity contribution in [3.8, 4) is 68.9 Å². The van der Waals surface area contributed by atoms with Crippen LogP contribution in [0.25, 0.3) is 90.4 Å². The monoisotopic (exact) mass is 1340 g/mol. The molecule has 0 fully saturated rings. The molecule has 11 heteroatoms. The first kappa shape index (κ1) is 71.6. The fourth-order valence-corrected chi connectivity index (χ4v) is 13.7. The van der Waals surface area contributed by atoms with E-state index in [0.717, 1.165) is 133 Å². The van der Waals surface area contributed by atoms with Gasteiger partial charge in [0.15, 0.2) is 0 Å². The Balaban J connectivity index is 1.19. The Bertz CT molecular complexity index is 4480. The number of carbonyl (C=O) groups is 1. The van der Waals surface area contributed by atoms with Crippen LogP contribution in [-0.4, -0.2) is 62.0 Å². The second kappa shape index (κ2) is 36.9. The maximum absolute atomic E-state index is 12.4. The summed E-state index contributed by atoms with van der Waals surface area (Å²) in [7, 11) is 0. The molecule has 0 aliphatic carbocycles. The number of benzene rings is 5. The minimum Gasteiger partial charge on any atom is -0.493 e. The lowest BCUT2D eigenvalue weighted by atomic mass is 10.0. The number of H-pyrrole nitrogens is 2. The van der Waals surface area contributed by atoms with Crippen LogP contribution in [0.4, 0.5) is 0 Å². The molecule has 0 radical (unpaired) electrons. The second-order valence-electron chi connectivity index (χ2n) is 26.6. The van der Waals surface area contributed by atoms with Crippen molar-refractivity contribution in [2.45, 2.75) is 195 Å². The number of hydrogen-bond donors (Lipinski definition) is 3. The topological polar surface area (TPSA) is 137 Å². The number of hydrogen-bond acceptors (Lipinski definition) is 7. The molecule has 11 nitrogen and oxygen atoms in total. The van der Waals surface area contributed by atoms with E-state index in [0.29, 0.717) is 94.4 Å². The van der Waals surface area contributed by atoms with E-state index in [9.17, 15) is 9.90 Å². The van der Waals surface area contributed by atoms with Crippen molar-refractivity contribution < 1.29 is 28.8 Å². The van der Waals surface area contributed by atoms with E-state index in [4.69, 9.17) is 28.9 Å². The molecule has 0 spiro atoms. The number of aryl methyl sites for hydroxylation is 1. The van der Waals surface area contributed by atoms with Gasteiger partial charge in [-0.3, -0.25) is 0 Å². The molecular weight excluding hydrogens is 1240 g/mol. The molecule has 2 aliphatic rings. The number of aromatic nitrogens is 5. The molecule has 6 heterocycles. The number of nitrogens with one attached hydrogen (secondary N) is 2. The molecule has 0 saturated heterocycles. The van der Waals surface area contributed by atoms with E-state index in [2.05, 4.69) is 182 Å². The summed E-state index contributed by atoms with van der Waals surface area (Å²) in [6.07, 6.45) is 35.5. The zero-order chi connectivity index (χ0) is 69.3. The average Bonchev–Trinajstić information content (AvgIpc) is 1.58. The van der Waals surface area contributed by atoms with Crippen LogP contribution in [-0.2, 0) is 6.54 Å². The molecule has 11 rings (SSSR count). The molecule has 518 valence electrons. The zero-order valence-electron chi connectivity index (χ0n) is 59.8. The van der Waals surface area contributed by atoms with Crippen LogP contribution in [0, 0.1) is 23.7 Å². The number of aromatic carboxylic acids is 1. The minimum absolute atomic E-state index is 0.152. The number of fused-ring (bicyclic) bond motifs is 11. The summed E-state index contributed by atoms with van der Waals surface area (Å²) in [5.74, 6) is 16.1. The highest BCUT2D eigenvalue weighted by Gasteiger charge is 2.25. The van der Waals surface area contributed by atoms with Gasteiger partial charge in [0.1, 0.15) is 23.0 Å². The van der Waals surface area contributed by atoms with Crippen molar-refractivity contribution in [3.63, 3.8) is 0 Å². The Morgan fingerprint density at radius 2 is 0.770 bits per heavy atom. The highest BCUT2D eigenvalue weighted by atomic mass is 16.5. The van der Waals surface area contributed by atoms with E-state index in [-0.39, 0.29) is 5.56 Å². The molecule has 0 saturated carbocycles. The van der Waals surface area contributed by atoms with Gasteiger partial charge in [0.2, 0.25) is 0 Å². The summed E-state index contributed by atoms with van der Waals surface area (Å²) in [4.78, 5) is 31.6. The van der Waals surface area contributed by atoms with Crippen LogP contribution < -0.4 is 18.9 Å². The normalized spacial score (nSPS) is 11.7. The summed E-state index contributed by atoms with van der Waals surface area (Å²) in [5, 5.41) is 12.5. The van der Waals surface area contributed by atoms with Crippen LogP contribution in [0.3, 0.4) is 0 Å². The van der Waals surface area contributed by atoms with Crippen molar-refractivity contribution in [3.05, 3.63) is 178 Å². The van der Waals surface area contributed by atoms with Gasteiger partial charge in [0, 0.05) is 61.6 Å². The van der Waals surface area contributed by atoms with Gasteiger partial charge in [-0.05, 0) is 148 Å². The van der Waals surface area contributed by atoms with E-state index in [1.807, 2.05) is 24.3 Å². The standard InChI is InChI=1S/C89H101N5O6/c1-6-11-15-19-23-29-58-97-81-40-34-41-82(98-59-30-24-20-16-12-7-2)87(81)85-75-53-49-71(90-75)68(47-44-64-36-33-37-66(62-64)89(95)96)72-50-54-76(91-72)86(88-83(99-60-31-25-21-17-13-8-3)42-35-43-84(88)100-61-32-26-22-18-14-9-4)78-56-52-74(93-78)69(73-51-55-77(85)92-73)48-45-65-46-57-80-70(63-65)67-38-27-28-39-79(67)94(80)10-5/h27-28,33-43,46,49-57,62-63,90,93H,6-26,29-32,58-61H2,1-5H3,(H,95,96). The molecule has 9 aromatic rings. The Morgan fingerprint density at radius 3 is 1.21 bits per heavy atom. The van der Waals surface area contributed by atoms with Gasteiger partial charge in [0.25, 0.3) is 0 Å². The van der Waals surface area contributed by atoms with Gasteiger partial charge >= 0.3 is 5.97 Å². The molecule has 0 atom stereocenters. The summed E-state index contributed by atoms with van der Waals surface area (Å²) in [6.45, 7) is 14.2. The van der Waals surface area contributed by atoms with E-state index in [1.165, 1.54) is 93.5 Å². The van der Waals surface area contributed by atoms with Crippen molar-refractivity contribution in [1.29, 1.82) is 0 Å². The third-order valence-corrected chi connectivity index (χ3v) is 19.1. The SMILES string of the molecule is CCCCCCCCOc1cccc(OCCCCCCCC)c1-c1c2nc(c(C#Cc3ccc4c(c3)c3ccccc3n4CC)c3ccc([nH]3)c(-c3c(OCCCCCCCC)cccc3OCCCCCCCC)c3nc(c(C#Cc4cccc(C(=O)O)c4)c4ccc1[nH]4)C=C3)C=C2. The van der Waals surface area contributed by atoms with E-state index >= 15 is 0 Å².